The molecule has 1 heterocycles. The molecule has 0 saturated carbocycles. The molecule has 0 aliphatic heterocycles. The van der Waals surface area contributed by atoms with E-state index < -0.39 is 0 Å². The van der Waals surface area contributed by atoms with Gasteiger partial charge in [0.1, 0.15) is 11.9 Å². The summed E-state index contributed by atoms with van der Waals surface area (Å²) in [5, 5.41) is 12.3. The van der Waals surface area contributed by atoms with E-state index in [2.05, 4.69) is 35.4 Å². The lowest BCUT2D eigenvalue weighted by molar-refractivity contribution is 1.14. The summed E-state index contributed by atoms with van der Waals surface area (Å²) in [7, 11) is 0. The molecule has 0 unspecified atom stereocenters. The number of hydrogen-bond donors (Lipinski definition) is 1. The first-order valence-electron chi connectivity index (χ1n) is 5.96. The minimum Gasteiger partial charge on any atom is -0.339 e. The maximum Gasteiger partial charge on any atom is 0.148 e. The minimum absolute atomic E-state index is 0.595. The third-order valence-electron chi connectivity index (χ3n) is 2.90. The molecule has 1 N–H and O–H groups in total. The Bertz CT molecular complexity index is 580. The van der Waals surface area contributed by atoms with Gasteiger partial charge in [-0.3, -0.25) is 0 Å². The third-order valence-corrected chi connectivity index (χ3v) is 2.90. The van der Waals surface area contributed by atoms with Crippen molar-refractivity contribution in [1.82, 2.24) is 4.98 Å². The molecule has 0 atom stereocenters. The fraction of sp³-hybridized carbons (Fsp3) is 0.200. The summed E-state index contributed by atoms with van der Waals surface area (Å²) < 4.78 is 0. The van der Waals surface area contributed by atoms with Crippen LogP contribution in [0.15, 0.2) is 36.5 Å². The van der Waals surface area contributed by atoms with Crippen molar-refractivity contribution in [2.24, 2.45) is 0 Å². The molecule has 0 saturated heterocycles. The van der Waals surface area contributed by atoms with Crippen LogP contribution in [0, 0.1) is 18.3 Å². The Balaban J connectivity index is 2.28. The summed E-state index contributed by atoms with van der Waals surface area (Å²) in [5.74, 6) is 0.613. The Morgan fingerprint density at radius 2 is 1.94 bits per heavy atom. The number of nitrogens with zero attached hydrogens (tertiary/aromatic N) is 2. The number of hydrogen-bond acceptors (Lipinski definition) is 3. The lowest BCUT2D eigenvalue weighted by atomic mass is 10.1. The van der Waals surface area contributed by atoms with E-state index in [0.29, 0.717) is 11.4 Å². The van der Waals surface area contributed by atoms with Crippen molar-refractivity contribution in [3.63, 3.8) is 0 Å². The van der Waals surface area contributed by atoms with Gasteiger partial charge in [-0.25, -0.2) is 4.98 Å². The molecule has 0 spiro atoms. The minimum atomic E-state index is 0.595. The number of nitriles is 1. The number of aryl methyl sites for hydroxylation is 2. The zero-order chi connectivity index (χ0) is 13.0. The largest absolute Gasteiger partial charge is 0.339 e. The molecule has 3 nitrogen and oxygen atoms in total. The van der Waals surface area contributed by atoms with Crippen LogP contribution in [0.1, 0.15) is 23.6 Å². The summed E-state index contributed by atoms with van der Waals surface area (Å²) in [6, 6.07) is 12.2. The first-order valence-corrected chi connectivity index (χ1v) is 5.96. The third kappa shape index (κ3) is 2.49. The standard InChI is InChI=1S/C15H15N3/c1-3-12-4-6-13(7-5-12)18-15-14(10-16)11(2)8-9-17-15/h4-9H,3H2,1-2H3,(H,17,18). The predicted molar refractivity (Wildman–Crippen MR) is 72.8 cm³/mol. The van der Waals surface area contributed by atoms with E-state index in [4.69, 9.17) is 5.26 Å². The number of anilines is 2. The van der Waals surface area contributed by atoms with Gasteiger partial charge in [-0.2, -0.15) is 5.26 Å². The van der Waals surface area contributed by atoms with Gasteiger partial charge in [-0.05, 0) is 42.7 Å². The summed E-state index contributed by atoms with van der Waals surface area (Å²) >= 11 is 0. The van der Waals surface area contributed by atoms with Crippen molar-refractivity contribution in [1.29, 1.82) is 5.26 Å². The first kappa shape index (κ1) is 12.1. The highest BCUT2D eigenvalue weighted by Crippen LogP contribution is 2.20. The Kier molecular flexibility index (Phi) is 3.59. The van der Waals surface area contributed by atoms with Crippen molar-refractivity contribution >= 4 is 11.5 Å². The Labute approximate surface area is 107 Å². The zero-order valence-electron chi connectivity index (χ0n) is 10.6. The number of nitrogens with one attached hydrogen (secondary N) is 1. The van der Waals surface area contributed by atoms with E-state index in [9.17, 15) is 0 Å². The second-order valence-corrected chi connectivity index (χ2v) is 4.14. The molecular weight excluding hydrogens is 222 g/mol. The van der Waals surface area contributed by atoms with E-state index in [1.807, 2.05) is 25.1 Å². The van der Waals surface area contributed by atoms with Gasteiger partial charge in [0.05, 0.1) is 5.56 Å². The average molecular weight is 237 g/mol. The van der Waals surface area contributed by atoms with E-state index >= 15 is 0 Å². The SMILES string of the molecule is CCc1ccc(Nc2nccc(C)c2C#N)cc1. The van der Waals surface area contributed by atoms with E-state index in [1.54, 1.807) is 6.20 Å². The number of benzene rings is 1. The van der Waals surface area contributed by atoms with Crippen LogP contribution >= 0.6 is 0 Å². The molecule has 1 aromatic carbocycles. The van der Waals surface area contributed by atoms with Crippen molar-refractivity contribution < 1.29 is 0 Å². The van der Waals surface area contributed by atoms with E-state index in [-0.39, 0.29) is 0 Å². The lowest BCUT2D eigenvalue weighted by Crippen LogP contribution is -1.98. The summed E-state index contributed by atoms with van der Waals surface area (Å²) in [6.07, 6.45) is 2.73. The highest BCUT2D eigenvalue weighted by Gasteiger charge is 2.06. The van der Waals surface area contributed by atoms with Crippen molar-refractivity contribution in [3.05, 3.63) is 53.2 Å². The van der Waals surface area contributed by atoms with Crippen molar-refractivity contribution in [3.8, 4) is 6.07 Å². The van der Waals surface area contributed by atoms with Crippen LogP contribution in [-0.4, -0.2) is 4.98 Å². The monoisotopic (exact) mass is 237 g/mol. The fourth-order valence-corrected chi connectivity index (χ4v) is 1.75. The van der Waals surface area contributed by atoms with Gasteiger partial charge in [-0.1, -0.05) is 19.1 Å². The average Bonchev–Trinajstić information content (AvgIpc) is 2.40. The number of aromatic nitrogens is 1. The van der Waals surface area contributed by atoms with Gasteiger partial charge in [0.2, 0.25) is 0 Å². The van der Waals surface area contributed by atoms with Gasteiger partial charge in [-0.15, -0.1) is 0 Å². The molecule has 3 heteroatoms. The van der Waals surface area contributed by atoms with Crippen LogP contribution in [0.2, 0.25) is 0 Å². The Morgan fingerprint density at radius 3 is 2.56 bits per heavy atom. The van der Waals surface area contributed by atoms with Crippen LogP contribution in [-0.2, 0) is 6.42 Å². The summed E-state index contributed by atoms with van der Waals surface area (Å²) in [4.78, 5) is 4.21. The molecule has 2 rings (SSSR count). The maximum atomic E-state index is 9.13. The van der Waals surface area contributed by atoms with Crippen LogP contribution in [0.25, 0.3) is 0 Å². The predicted octanol–water partition coefficient (Wildman–Crippen LogP) is 3.57. The molecule has 1 aromatic heterocycles. The van der Waals surface area contributed by atoms with Crippen molar-refractivity contribution in [2.45, 2.75) is 20.3 Å². The summed E-state index contributed by atoms with van der Waals surface area (Å²) in [5.41, 5.74) is 3.76. The molecule has 0 aliphatic rings. The lowest BCUT2D eigenvalue weighted by Gasteiger charge is -2.09. The number of rotatable bonds is 3. The van der Waals surface area contributed by atoms with Gasteiger partial charge < -0.3 is 5.32 Å². The second kappa shape index (κ2) is 5.33. The highest BCUT2D eigenvalue weighted by molar-refractivity contribution is 5.64. The Hall–Kier alpha value is -2.34. The first-order chi connectivity index (χ1) is 8.74. The van der Waals surface area contributed by atoms with Crippen LogP contribution in [0.5, 0.6) is 0 Å². The molecule has 0 amide bonds. The fourth-order valence-electron chi connectivity index (χ4n) is 1.75. The topological polar surface area (TPSA) is 48.7 Å². The number of pyridine rings is 1. The van der Waals surface area contributed by atoms with E-state index in [0.717, 1.165) is 17.7 Å². The maximum absolute atomic E-state index is 9.13. The normalized spacial score (nSPS) is 9.83. The molecule has 18 heavy (non-hydrogen) atoms. The smallest absolute Gasteiger partial charge is 0.148 e. The molecule has 0 bridgehead atoms. The summed E-state index contributed by atoms with van der Waals surface area (Å²) in [6.45, 7) is 4.03. The highest BCUT2D eigenvalue weighted by atomic mass is 15.0. The Morgan fingerprint density at radius 1 is 1.22 bits per heavy atom. The van der Waals surface area contributed by atoms with E-state index in [1.165, 1.54) is 5.56 Å². The van der Waals surface area contributed by atoms with Crippen LogP contribution < -0.4 is 5.32 Å². The molecule has 0 aliphatic carbocycles. The van der Waals surface area contributed by atoms with Gasteiger partial charge in [0.15, 0.2) is 0 Å². The second-order valence-electron chi connectivity index (χ2n) is 4.14. The zero-order valence-corrected chi connectivity index (χ0v) is 10.6. The van der Waals surface area contributed by atoms with Crippen LogP contribution in [0.3, 0.4) is 0 Å². The van der Waals surface area contributed by atoms with Gasteiger partial charge in [0.25, 0.3) is 0 Å². The van der Waals surface area contributed by atoms with Crippen molar-refractivity contribution in [2.75, 3.05) is 5.32 Å². The van der Waals surface area contributed by atoms with Crippen LogP contribution in [0.4, 0.5) is 11.5 Å². The molecule has 0 radical (unpaired) electrons. The van der Waals surface area contributed by atoms with Gasteiger partial charge in [0, 0.05) is 11.9 Å². The molecular formula is C15H15N3. The molecule has 90 valence electrons. The van der Waals surface area contributed by atoms with Gasteiger partial charge >= 0.3 is 0 Å². The molecule has 2 aromatic rings. The quantitative estimate of drug-likeness (QED) is 0.887. The molecule has 0 fully saturated rings.